The highest BCUT2D eigenvalue weighted by Crippen LogP contribution is 2.33. The topological polar surface area (TPSA) is 46.5 Å². The summed E-state index contributed by atoms with van der Waals surface area (Å²) in [6.45, 7) is 6.12. The van der Waals surface area contributed by atoms with Gasteiger partial charge in [0.25, 0.3) is 0 Å². The van der Waals surface area contributed by atoms with Crippen LogP contribution in [0.2, 0.25) is 0 Å². The third-order valence-corrected chi connectivity index (χ3v) is 7.29. The van der Waals surface area contributed by atoms with Gasteiger partial charge in [-0.3, -0.25) is 9.69 Å². The number of amides is 1. The standard InChI is InChI=1S/C32H37N3O2/c36-32(33-16-9-17-34-18-20-37-21-19-34)23-28(22-26-10-3-1-4-11-26)30-25-35(24-27-12-5-2-6-13-27)31-15-8-7-14-29(30)31/h1-8,10-15,25,28H,9,16-24H2,(H,33,36). The molecule has 2 heterocycles. The van der Waals surface area contributed by atoms with Crippen molar-refractivity contribution in [3.63, 3.8) is 0 Å². The molecule has 37 heavy (non-hydrogen) atoms. The molecule has 192 valence electrons. The Kier molecular flexibility index (Phi) is 8.67. The van der Waals surface area contributed by atoms with E-state index in [1.807, 2.05) is 6.07 Å². The highest BCUT2D eigenvalue weighted by molar-refractivity contribution is 5.86. The number of fused-ring (bicyclic) bond motifs is 1. The zero-order valence-electron chi connectivity index (χ0n) is 21.5. The summed E-state index contributed by atoms with van der Waals surface area (Å²) in [6, 6.07) is 29.7. The number of para-hydroxylation sites is 1. The normalized spacial score (nSPS) is 15.0. The summed E-state index contributed by atoms with van der Waals surface area (Å²) < 4.78 is 7.76. The minimum atomic E-state index is 0.101. The van der Waals surface area contributed by atoms with Gasteiger partial charge >= 0.3 is 0 Å². The molecule has 0 saturated carbocycles. The smallest absolute Gasteiger partial charge is 0.220 e. The summed E-state index contributed by atoms with van der Waals surface area (Å²) in [5.41, 5.74) is 4.99. The summed E-state index contributed by atoms with van der Waals surface area (Å²) >= 11 is 0. The van der Waals surface area contributed by atoms with Crippen LogP contribution in [-0.4, -0.2) is 54.8 Å². The van der Waals surface area contributed by atoms with Crippen LogP contribution < -0.4 is 5.32 Å². The monoisotopic (exact) mass is 495 g/mol. The van der Waals surface area contributed by atoms with Crippen molar-refractivity contribution in [3.8, 4) is 0 Å². The van der Waals surface area contributed by atoms with Gasteiger partial charge in [-0.25, -0.2) is 0 Å². The number of carbonyl (C=O) groups is 1. The van der Waals surface area contributed by atoms with Crippen molar-refractivity contribution >= 4 is 16.8 Å². The largest absolute Gasteiger partial charge is 0.379 e. The van der Waals surface area contributed by atoms with Crippen LogP contribution in [0, 0.1) is 0 Å². The number of hydrogen-bond donors (Lipinski definition) is 1. The van der Waals surface area contributed by atoms with Crippen LogP contribution in [0.15, 0.2) is 91.1 Å². The quantitative estimate of drug-likeness (QED) is 0.289. The first kappa shape index (κ1) is 25.2. The summed E-state index contributed by atoms with van der Waals surface area (Å²) in [4.78, 5) is 15.6. The number of nitrogens with zero attached hydrogens (tertiary/aromatic N) is 2. The first-order valence-corrected chi connectivity index (χ1v) is 13.5. The molecule has 3 aromatic carbocycles. The second kappa shape index (κ2) is 12.7. The van der Waals surface area contributed by atoms with E-state index >= 15 is 0 Å². The lowest BCUT2D eigenvalue weighted by molar-refractivity contribution is -0.121. The van der Waals surface area contributed by atoms with E-state index in [0.717, 1.165) is 52.2 Å². The Bertz CT molecular complexity index is 1260. The molecule has 1 amide bonds. The molecule has 5 heteroatoms. The van der Waals surface area contributed by atoms with E-state index in [2.05, 4.69) is 99.8 Å². The van der Waals surface area contributed by atoms with Gasteiger partial charge in [-0.1, -0.05) is 78.9 Å². The van der Waals surface area contributed by atoms with Gasteiger partial charge in [0.2, 0.25) is 5.91 Å². The lowest BCUT2D eigenvalue weighted by atomic mass is 9.88. The maximum absolute atomic E-state index is 13.2. The van der Waals surface area contributed by atoms with Crippen LogP contribution in [0.4, 0.5) is 0 Å². The van der Waals surface area contributed by atoms with E-state index in [4.69, 9.17) is 4.74 Å². The fourth-order valence-corrected chi connectivity index (χ4v) is 5.35. The van der Waals surface area contributed by atoms with Gasteiger partial charge in [0, 0.05) is 49.7 Å². The van der Waals surface area contributed by atoms with E-state index in [1.165, 1.54) is 27.6 Å². The molecule has 0 radical (unpaired) electrons. The lowest BCUT2D eigenvalue weighted by Crippen LogP contribution is -2.38. The molecule has 5 nitrogen and oxygen atoms in total. The lowest BCUT2D eigenvalue weighted by Gasteiger charge is -2.26. The zero-order valence-corrected chi connectivity index (χ0v) is 21.5. The molecular weight excluding hydrogens is 458 g/mol. The van der Waals surface area contributed by atoms with Crippen molar-refractivity contribution in [2.45, 2.75) is 31.7 Å². The third-order valence-electron chi connectivity index (χ3n) is 7.29. The fraction of sp³-hybridized carbons (Fsp3) is 0.344. The zero-order chi connectivity index (χ0) is 25.3. The van der Waals surface area contributed by atoms with E-state index in [-0.39, 0.29) is 11.8 Å². The van der Waals surface area contributed by atoms with Gasteiger partial charge in [-0.2, -0.15) is 0 Å². The Labute approximate surface area is 220 Å². The van der Waals surface area contributed by atoms with Crippen LogP contribution in [0.3, 0.4) is 0 Å². The van der Waals surface area contributed by atoms with E-state index in [9.17, 15) is 4.79 Å². The predicted molar refractivity (Wildman–Crippen MR) is 150 cm³/mol. The minimum Gasteiger partial charge on any atom is -0.379 e. The first-order valence-electron chi connectivity index (χ1n) is 13.5. The number of aromatic nitrogens is 1. The van der Waals surface area contributed by atoms with Crippen LogP contribution >= 0.6 is 0 Å². The Hall–Kier alpha value is -3.41. The molecule has 4 aromatic rings. The highest BCUT2D eigenvalue weighted by Gasteiger charge is 2.22. The first-order chi connectivity index (χ1) is 18.3. The fourth-order valence-electron chi connectivity index (χ4n) is 5.35. The number of benzene rings is 3. The van der Waals surface area contributed by atoms with Crippen molar-refractivity contribution in [3.05, 3.63) is 108 Å². The number of morpholine rings is 1. The molecule has 5 rings (SSSR count). The average Bonchev–Trinajstić information content (AvgIpc) is 3.31. The highest BCUT2D eigenvalue weighted by atomic mass is 16.5. The average molecular weight is 496 g/mol. The van der Waals surface area contributed by atoms with E-state index < -0.39 is 0 Å². The summed E-state index contributed by atoms with van der Waals surface area (Å²) in [7, 11) is 0. The molecule has 0 aliphatic carbocycles. The van der Waals surface area contributed by atoms with Crippen LogP contribution in [0.1, 0.15) is 35.4 Å². The molecule has 1 aromatic heterocycles. The molecule has 1 fully saturated rings. The second-order valence-corrected chi connectivity index (χ2v) is 9.96. The molecule has 0 spiro atoms. The third kappa shape index (κ3) is 6.88. The number of carbonyl (C=O) groups excluding carboxylic acids is 1. The van der Waals surface area contributed by atoms with E-state index in [0.29, 0.717) is 13.0 Å². The maximum atomic E-state index is 13.2. The molecule has 0 bridgehead atoms. The van der Waals surface area contributed by atoms with Crippen LogP contribution in [0.5, 0.6) is 0 Å². The number of hydrogen-bond acceptors (Lipinski definition) is 3. The van der Waals surface area contributed by atoms with Gasteiger partial charge < -0.3 is 14.6 Å². The van der Waals surface area contributed by atoms with Crippen molar-refractivity contribution in [1.29, 1.82) is 0 Å². The molecule has 1 unspecified atom stereocenters. The van der Waals surface area contributed by atoms with Crippen molar-refractivity contribution < 1.29 is 9.53 Å². The molecule has 1 saturated heterocycles. The molecule has 1 atom stereocenters. The van der Waals surface area contributed by atoms with Crippen molar-refractivity contribution in [2.24, 2.45) is 0 Å². The molecule has 1 aliphatic rings. The number of ether oxygens (including phenoxy) is 1. The molecule has 1 N–H and O–H groups in total. The Balaban J connectivity index is 1.32. The van der Waals surface area contributed by atoms with E-state index in [1.54, 1.807) is 0 Å². The van der Waals surface area contributed by atoms with Gasteiger partial charge in [-0.15, -0.1) is 0 Å². The van der Waals surface area contributed by atoms with Crippen LogP contribution in [-0.2, 0) is 22.5 Å². The summed E-state index contributed by atoms with van der Waals surface area (Å²) in [5.74, 6) is 0.228. The summed E-state index contributed by atoms with van der Waals surface area (Å²) in [6.07, 6.45) is 4.55. The Morgan fingerprint density at radius 1 is 0.865 bits per heavy atom. The van der Waals surface area contributed by atoms with Gasteiger partial charge in [0.15, 0.2) is 0 Å². The number of nitrogens with one attached hydrogen (secondary N) is 1. The van der Waals surface area contributed by atoms with Crippen molar-refractivity contribution in [2.75, 3.05) is 39.4 Å². The number of rotatable bonds is 11. The Morgan fingerprint density at radius 3 is 2.30 bits per heavy atom. The van der Waals surface area contributed by atoms with Gasteiger partial charge in [0.05, 0.1) is 13.2 Å². The van der Waals surface area contributed by atoms with Crippen molar-refractivity contribution in [1.82, 2.24) is 14.8 Å². The summed E-state index contributed by atoms with van der Waals surface area (Å²) in [5, 5.41) is 4.43. The van der Waals surface area contributed by atoms with Crippen LogP contribution in [0.25, 0.3) is 10.9 Å². The minimum absolute atomic E-state index is 0.101. The second-order valence-electron chi connectivity index (χ2n) is 9.96. The molecular formula is C32H37N3O2. The SMILES string of the molecule is O=C(CC(Cc1ccccc1)c1cn(Cc2ccccc2)c2ccccc12)NCCCN1CCOCC1. The Morgan fingerprint density at radius 2 is 1.54 bits per heavy atom. The molecule has 1 aliphatic heterocycles. The van der Waals surface area contributed by atoms with Gasteiger partial charge in [0.1, 0.15) is 0 Å². The van der Waals surface area contributed by atoms with Gasteiger partial charge in [-0.05, 0) is 48.1 Å². The maximum Gasteiger partial charge on any atom is 0.220 e. The predicted octanol–water partition coefficient (Wildman–Crippen LogP) is 5.24.